The number of nitrogens with one attached hydrogen (secondary N) is 1. The monoisotopic (exact) mass is 295 g/mol. The van der Waals surface area contributed by atoms with E-state index in [1.165, 1.54) is 19.1 Å². The first-order valence-corrected chi connectivity index (χ1v) is 7.50. The van der Waals surface area contributed by atoms with Crippen LogP contribution in [0.25, 0.3) is 0 Å². The van der Waals surface area contributed by atoms with Crippen LogP contribution in [0.2, 0.25) is 0 Å². The van der Waals surface area contributed by atoms with Gasteiger partial charge in [0.25, 0.3) is 0 Å². The van der Waals surface area contributed by atoms with Crippen LogP contribution in [0.3, 0.4) is 0 Å². The zero-order chi connectivity index (χ0) is 14.6. The SMILES string of the molecule is CC(=O)Nc1nnc(CCS(=O)(=O)c2ccccc2)o1. The number of hydrogen-bond acceptors (Lipinski definition) is 6. The fourth-order valence-electron chi connectivity index (χ4n) is 1.52. The van der Waals surface area contributed by atoms with E-state index in [-0.39, 0.29) is 34.9 Å². The van der Waals surface area contributed by atoms with Gasteiger partial charge in [0, 0.05) is 13.3 Å². The van der Waals surface area contributed by atoms with E-state index in [2.05, 4.69) is 15.5 Å². The molecule has 0 radical (unpaired) electrons. The van der Waals surface area contributed by atoms with Crippen LogP contribution in [-0.4, -0.2) is 30.3 Å². The molecule has 0 aliphatic carbocycles. The molecule has 0 saturated heterocycles. The van der Waals surface area contributed by atoms with Crippen molar-refractivity contribution in [3.8, 4) is 0 Å². The highest BCUT2D eigenvalue weighted by molar-refractivity contribution is 7.91. The molecule has 0 fully saturated rings. The molecule has 20 heavy (non-hydrogen) atoms. The van der Waals surface area contributed by atoms with Crippen LogP contribution in [0, 0.1) is 0 Å². The Bertz CT molecular complexity index is 695. The van der Waals surface area contributed by atoms with Crippen molar-refractivity contribution in [1.29, 1.82) is 0 Å². The Balaban J connectivity index is 2.02. The number of aryl methyl sites for hydroxylation is 1. The lowest BCUT2D eigenvalue weighted by Crippen LogP contribution is -2.09. The number of hydrogen-bond donors (Lipinski definition) is 1. The van der Waals surface area contributed by atoms with Gasteiger partial charge in [-0.2, -0.15) is 0 Å². The van der Waals surface area contributed by atoms with E-state index in [0.29, 0.717) is 0 Å². The number of sulfone groups is 1. The smallest absolute Gasteiger partial charge is 0.322 e. The summed E-state index contributed by atoms with van der Waals surface area (Å²) in [5.41, 5.74) is 0. The summed E-state index contributed by atoms with van der Waals surface area (Å²) in [4.78, 5) is 11.0. The number of benzene rings is 1. The van der Waals surface area contributed by atoms with Gasteiger partial charge < -0.3 is 4.42 Å². The second-order valence-electron chi connectivity index (χ2n) is 4.06. The first kappa shape index (κ1) is 14.2. The lowest BCUT2D eigenvalue weighted by atomic mass is 10.4. The van der Waals surface area contributed by atoms with Crippen LogP contribution >= 0.6 is 0 Å². The molecule has 1 N–H and O–H groups in total. The third kappa shape index (κ3) is 3.64. The minimum Gasteiger partial charge on any atom is -0.408 e. The molecular formula is C12H13N3O4S. The van der Waals surface area contributed by atoms with Gasteiger partial charge in [-0.15, -0.1) is 5.10 Å². The highest BCUT2D eigenvalue weighted by atomic mass is 32.2. The molecule has 0 bridgehead atoms. The Hall–Kier alpha value is -2.22. The van der Waals surface area contributed by atoms with Crippen molar-refractivity contribution in [2.45, 2.75) is 18.2 Å². The summed E-state index contributed by atoms with van der Waals surface area (Å²) in [6, 6.07) is 8.10. The second kappa shape index (κ2) is 5.83. The van der Waals surface area contributed by atoms with Crippen LogP contribution in [0.4, 0.5) is 6.01 Å². The summed E-state index contributed by atoms with van der Waals surface area (Å²) in [5, 5.41) is 9.58. The molecule has 1 aromatic carbocycles. The van der Waals surface area contributed by atoms with Gasteiger partial charge in [0.15, 0.2) is 9.84 Å². The molecule has 2 rings (SSSR count). The molecule has 1 heterocycles. The van der Waals surface area contributed by atoms with Crippen molar-refractivity contribution in [3.05, 3.63) is 36.2 Å². The lowest BCUT2D eigenvalue weighted by molar-refractivity contribution is -0.114. The van der Waals surface area contributed by atoms with Gasteiger partial charge in [-0.3, -0.25) is 10.1 Å². The van der Waals surface area contributed by atoms with Crippen LogP contribution < -0.4 is 5.32 Å². The lowest BCUT2D eigenvalue weighted by Gasteiger charge is -2.01. The average molecular weight is 295 g/mol. The molecule has 2 aromatic rings. The molecular weight excluding hydrogens is 282 g/mol. The predicted molar refractivity (Wildman–Crippen MR) is 70.8 cm³/mol. The van der Waals surface area contributed by atoms with Crippen LogP contribution in [-0.2, 0) is 21.1 Å². The summed E-state index contributed by atoms with van der Waals surface area (Å²) in [5.74, 6) is -0.316. The Kier molecular flexibility index (Phi) is 4.14. The van der Waals surface area contributed by atoms with E-state index in [0.717, 1.165) is 0 Å². The number of anilines is 1. The molecule has 7 nitrogen and oxygen atoms in total. The van der Waals surface area contributed by atoms with Crippen molar-refractivity contribution in [3.63, 3.8) is 0 Å². The number of rotatable bonds is 5. The van der Waals surface area contributed by atoms with E-state index in [1.807, 2.05) is 0 Å². The highest BCUT2D eigenvalue weighted by Crippen LogP contribution is 2.13. The third-order valence-corrected chi connectivity index (χ3v) is 4.17. The van der Waals surface area contributed by atoms with Crippen molar-refractivity contribution in [2.24, 2.45) is 0 Å². The maximum absolute atomic E-state index is 12.0. The van der Waals surface area contributed by atoms with E-state index >= 15 is 0 Å². The van der Waals surface area contributed by atoms with Gasteiger partial charge in [-0.05, 0) is 12.1 Å². The summed E-state index contributed by atoms with van der Waals surface area (Å²) in [6.45, 7) is 1.31. The molecule has 0 atom stereocenters. The summed E-state index contributed by atoms with van der Waals surface area (Å²) >= 11 is 0. The summed E-state index contributed by atoms with van der Waals surface area (Å²) in [6.07, 6.45) is 0.0871. The quantitative estimate of drug-likeness (QED) is 0.884. The van der Waals surface area contributed by atoms with Gasteiger partial charge >= 0.3 is 6.01 Å². The second-order valence-corrected chi connectivity index (χ2v) is 6.17. The van der Waals surface area contributed by atoms with E-state index in [1.54, 1.807) is 18.2 Å². The largest absolute Gasteiger partial charge is 0.408 e. The van der Waals surface area contributed by atoms with Crippen molar-refractivity contribution in [1.82, 2.24) is 10.2 Å². The minimum absolute atomic E-state index is 0.0374. The first-order chi connectivity index (χ1) is 9.47. The fraction of sp³-hybridized carbons (Fsp3) is 0.250. The minimum atomic E-state index is -3.39. The zero-order valence-corrected chi connectivity index (χ0v) is 11.6. The van der Waals surface area contributed by atoms with E-state index < -0.39 is 9.84 Å². The number of nitrogens with zero attached hydrogens (tertiary/aromatic N) is 2. The van der Waals surface area contributed by atoms with Gasteiger partial charge in [-0.25, -0.2) is 8.42 Å². The standard InChI is InChI=1S/C12H13N3O4S/c1-9(16)13-12-15-14-11(19-12)7-8-20(17,18)10-5-3-2-4-6-10/h2-6H,7-8H2,1H3,(H,13,15,16). The van der Waals surface area contributed by atoms with Gasteiger partial charge in [0.05, 0.1) is 10.6 Å². The molecule has 0 spiro atoms. The van der Waals surface area contributed by atoms with Crippen molar-refractivity contribution >= 4 is 21.8 Å². The topological polar surface area (TPSA) is 102 Å². The molecule has 0 saturated carbocycles. The first-order valence-electron chi connectivity index (χ1n) is 5.85. The molecule has 106 valence electrons. The Labute approximate surface area is 115 Å². The summed E-state index contributed by atoms with van der Waals surface area (Å²) < 4.78 is 29.2. The third-order valence-electron chi connectivity index (χ3n) is 2.44. The maximum Gasteiger partial charge on any atom is 0.322 e. The van der Waals surface area contributed by atoms with Gasteiger partial charge in [0.2, 0.25) is 11.8 Å². The molecule has 1 aromatic heterocycles. The summed E-state index contributed by atoms with van der Waals surface area (Å²) in [7, 11) is -3.39. The number of carbonyl (C=O) groups excluding carboxylic acids is 1. The molecule has 8 heteroatoms. The Morgan fingerprint density at radius 1 is 1.25 bits per heavy atom. The fourth-order valence-corrected chi connectivity index (χ4v) is 2.77. The highest BCUT2D eigenvalue weighted by Gasteiger charge is 2.16. The Morgan fingerprint density at radius 3 is 2.60 bits per heavy atom. The average Bonchev–Trinajstić information content (AvgIpc) is 2.84. The van der Waals surface area contributed by atoms with Crippen LogP contribution in [0.15, 0.2) is 39.6 Å². The van der Waals surface area contributed by atoms with Crippen LogP contribution in [0.1, 0.15) is 12.8 Å². The van der Waals surface area contributed by atoms with Crippen molar-refractivity contribution < 1.29 is 17.6 Å². The van der Waals surface area contributed by atoms with Crippen LogP contribution in [0.5, 0.6) is 0 Å². The predicted octanol–water partition coefficient (Wildman–Crippen LogP) is 1.04. The molecule has 0 aliphatic rings. The maximum atomic E-state index is 12.0. The normalized spacial score (nSPS) is 11.2. The molecule has 1 amide bonds. The zero-order valence-electron chi connectivity index (χ0n) is 10.7. The van der Waals surface area contributed by atoms with E-state index in [9.17, 15) is 13.2 Å². The number of carbonyl (C=O) groups is 1. The van der Waals surface area contributed by atoms with E-state index in [4.69, 9.17) is 4.42 Å². The molecule has 0 aliphatic heterocycles. The Morgan fingerprint density at radius 2 is 1.95 bits per heavy atom. The van der Waals surface area contributed by atoms with Gasteiger partial charge in [-0.1, -0.05) is 23.3 Å². The number of amides is 1. The number of aromatic nitrogens is 2. The molecule has 0 unspecified atom stereocenters. The van der Waals surface area contributed by atoms with Crippen molar-refractivity contribution in [2.75, 3.05) is 11.1 Å². The van der Waals surface area contributed by atoms with Gasteiger partial charge in [0.1, 0.15) is 0 Å².